The van der Waals surface area contributed by atoms with Gasteiger partial charge in [-0.25, -0.2) is 0 Å². The maximum absolute atomic E-state index is 12.7. The van der Waals surface area contributed by atoms with Crippen molar-refractivity contribution in [2.45, 2.75) is 13.3 Å². The number of amides is 3. The first kappa shape index (κ1) is 25.0. The fourth-order valence-electron chi connectivity index (χ4n) is 4.90. The van der Waals surface area contributed by atoms with E-state index in [1.165, 1.54) is 11.8 Å². The second kappa shape index (κ2) is 11.0. The van der Waals surface area contributed by atoms with Crippen LogP contribution in [-0.2, 0) is 14.4 Å². The average molecular weight is 567 g/mol. The number of carbonyl (C=O) groups excluding carboxylic acids is 3. The predicted molar refractivity (Wildman–Crippen MR) is 135 cm³/mol. The van der Waals surface area contributed by atoms with Gasteiger partial charge in [0.25, 0.3) is 0 Å². The van der Waals surface area contributed by atoms with Gasteiger partial charge in [-0.2, -0.15) is 0 Å². The number of ether oxygens (including phenoxy) is 1. The molecule has 2 bridgehead atoms. The lowest BCUT2D eigenvalue weighted by Gasteiger charge is -2.18. The van der Waals surface area contributed by atoms with Crippen molar-refractivity contribution in [2.24, 2.45) is 28.7 Å². The van der Waals surface area contributed by atoms with E-state index in [-0.39, 0.29) is 65.4 Å². The molecule has 178 valence electrons. The molecule has 4 unspecified atom stereocenters. The predicted octanol–water partition coefficient (Wildman–Crippen LogP) is 1.61. The number of fused-ring (bicyclic) bond motifs is 5. The topological polar surface area (TPSA) is 112 Å². The minimum Gasteiger partial charge on any atom is -0.492 e. The summed E-state index contributed by atoms with van der Waals surface area (Å²) in [5.74, 6) is 1.17. The zero-order chi connectivity index (χ0) is 22.7. The van der Waals surface area contributed by atoms with E-state index in [1.807, 2.05) is 12.1 Å². The van der Waals surface area contributed by atoms with Gasteiger partial charge in [-0.05, 0) is 30.4 Å². The van der Waals surface area contributed by atoms with E-state index in [0.717, 1.165) is 6.42 Å². The second-order valence-electron chi connectivity index (χ2n) is 8.31. The van der Waals surface area contributed by atoms with Crippen LogP contribution in [-0.4, -0.2) is 61.9 Å². The van der Waals surface area contributed by atoms with Crippen LogP contribution in [0, 0.1) is 23.7 Å². The molecule has 4 rings (SSSR count). The highest BCUT2D eigenvalue weighted by Crippen LogP contribution is 2.52. The minimum absolute atomic E-state index is 0. The monoisotopic (exact) mass is 567 g/mol. The van der Waals surface area contributed by atoms with Crippen molar-refractivity contribution < 1.29 is 19.1 Å². The summed E-state index contributed by atoms with van der Waals surface area (Å²) in [6, 6.07) is 7.18. The highest BCUT2D eigenvalue weighted by molar-refractivity contribution is 14.0. The molecular weight excluding hydrogens is 537 g/mol. The van der Waals surface area contributed by atoms with Gasteiger partial charge in [0, 0.05) is 38.8 Å². The number of halogens is 1. The molecule has 1 saturated heterocycles. The Hall–Kier alpha value is -2.63. The summed E-state index contributed by atoms with van der Waals surface area (Å²) in [6.07, 6.45) is 5.14. The van der Waals surface area contributed by atoms with Gasteiger partial charge in [0.2, 0.25) is 17.7 Å². The molecule has 10 heteroatoms. The number of nitrogens with zero attached hydrogens (tertiary/aromatic N) is 2. The summed E-state index contributed by atoms with van der Waals surface area (Å²) in [4.78, 5) is 42.2. The van der Waals surface area contributed by atoms with Crippen molar-refractivity contribution in [1.82, 2.24) is 15.5 Å². The molecule has 2 fully saturated rings. The van der Waals surface area contributed by atoms with Crippen molar-refractivity contribution >= 4 is 53.3 Å². The van der Waals surface area contributed by atoms with E-state index >= 15 is 0 Å². The number of allylic oxidation sites excluding steroid dienone is 2. The third kappa shape index (κ3) is 5.48. The van der Waals surface area contributed by atoms with Crippen molar-refractivity contribution in [1.29, 1.82) is 0 Å². The normalized spacial score (nSPS) is 25.0. The zero-order valence-electron chi connectivity index (χ0n) is 18.7. The van der Waals surface area contributed by atoms with Crippen LogP contribution in [0.5, 0.6) is 5.75 Å². The third-order valence-electron chi connectivity index (χ3n) is 6.23. The molecule has 2 aliphatic carbocycles. The number of hydrogen-bond acceptors (Lipinski definition) is 5. The second-order valence-corrected chi connectivity index (χ2v) is 8.31. The van der Waals surface area contributed by atoms with Gasteiger partial charge in [-0.1, -0.05) is 18.2 Å². The van der Waals surface area contributed by atoms with Crippen LogP contribution in [0.2, 0.25) is 0 Å². The van der Waals surface area contributed by atoms with Crippen LogP contribution in [0.25, 0.3) is 0 Å². The first-order valence-corrected chi connectivity index (χ1v) is 11.0. The fourth-order valence-corrected chi connectivity index (χ4v) is 4.90. The van der Waals surface area contributed by atoms with Crippen molar-refractivity contribution in [3.63, 3.8) is 0 Å². The van der Waals surface area contributed by atoms with Crippen LogP contribution in [0.3, 0.4) is 0 Å². The van der Waals surface area contributed by atoms with Crippen LogP contribution < -0.4 is 20.7 Å². The Labute approximate surface area is 210 Å². The summed E-state index contributed by atoms with van der Waals surface area (Å²) in [5.41, 5.74) is 0.680. The fraction of sp³-hybridized carbons (Fsp3) is 0.478. The van der Waals surface area contributed by atoms with E-state index in [2.05, 4.69) is 33.1 Å². The molecule has 4 atom stereocenters. The quantitative estimate of drug-likeness (QED) is 0.110. The molecule has 3 amide bonds. The zero-order valence-corrected chi connectivity index (χ0v) is 21.1. The number of nitrogens with one attached hydrogen (secondary N) is 3. The SMILES string of the molecule is CN=C(NCCOc1cccc(NC(C)=O)c1)NCCN1C(=O)C2C3C=CC(C3)C2C1=O.I. The number of rotatable bonds is 8. The molecule has 3 N–H and O–H groups in total. The number of hydrogen-bond donors (Lipinski definition) is 3. The number of anilines is 1. The summed E-state index contributed by atoms with van der Waals surface area (Å²) in [7, 11) is 1.66. The molecule has 9 nitrogen and oxygen atoms in total. The minimum atomic E-state index is -0.156. The van der Waals surface area contributed by atoms with Crippen LogP contribution in [0.15, 0.2) is 41.4 Å². The van der Waals surface area contributed by atoms with E-state index in [9.17, 15) is 14.4 Å². The van der Waals surface area contributed by atoms with Gasteiger partial charge in [-0.3, -0.25) is 24.3 Å². The summed E-state index contributed by atoms with van der Waals surface area (Å²) in [5, 5.41) is 9.01. The van der Waals surface area contributed by atoms with Gasteiger partial charge in [-0.15, -0.1) is 24.0 Å². The van der Waals surface area contributed by atoms with E-state index in [0.29, 0.717) is 43.6 Å². The molecule has 1 heterocycles. The molecule has 0 radical (unpaired) electrons. The molecule has 33 heavy (non-hydrogen) atoms. The lowest BCUT2D eigenvalue weighted by atomic mass is 9.85. The highest BCUT2D eigenvalue weighted by Gasteiger charge is 2.58. The van der Waals surface area contributed by atoms with E-state index in [4.69, 9.17) is 4.74 Å². The Morgan fingerprint density at radius 1 is 1.12 bits per heavy atom. The van der Waals surface area contributed by atoms with Gasteiger partial charge >= 0.3 is 0 Å². The van der Waals surface area contributed by atoms with Gasteiger partial charge < -0.3 is 20.7 Å². The number of aliphatic imine (C=N–C) groups is 1. The maximum atomic E-state index is 12.7. The van der Waals surface area contributed by atoms with Gasteiger partial charge in [0.05, 0.1) is 18.4 Å². The highest BCUT2D eigenvalue weighted by atomic mass is 127. The van der Waals surface area contributed by atoms with Crippen LogP contribution in [0.4, 0.5) is 5.69 Å². The summed E-state index contributed by atoms with van der Waals surface area (Å²) >= 11 is 0. The first-order valence-electron chi connectivity index (χ1n) is 11.0. The van der Waals surface area contributed by atoms with Crippen LogP contribution >= 0.6 is 24.0 Å². The standard InChI is InChI=1S/C23H29N5O4.HI/c1-14(29)27-17-4-3-5-18(13-17)32-11-9-26-23(24-2)25-8-10-28-21(30)19-15-6-7-16(12-15)20(19)22(28)31;/h3-7,13,15-16,19-20H,8-12H2,1-2H3,(H,27,29)(H2,24,25,26);1H. The first-order chi connectivity index (χ1) is 15.5. The third-order valence-corrected chi connectivity index (χ3v) is 6.23. The van der Waals surface area contributed by atoms with Crippen molar-refractivity contribution in [3.8, 4) is 5.75 Å². The Bertz CT molecular complexity index is 936. The lowest BCUT2D eigenvalue weighted by Crippen LogP contribution is -2.44. The number of likely N-dealkylation sites (tertiary alicyclic amines) is 1. The molecule has 1 aliphatic heterocycles. The van der Waals surface area contributed by atoms with Gasteiger partial charge in [0.15, 0.2) is 5.96 Å². The van der Waals surface area contributed by atoms with Crippen molar-refractivity contribution in [3.05, 3.63) is 36.4 Å². The molecule has 1 aromatic carbocycles. The molecular formula is C23H30IN5O4. The maximum Gasteiger partial charge on any atom is 0.233 e. The molecule has 1 aromatic rings. The van der Waals surface area contributed by atoms with Gasteiger partial charge in [0.1, 0.15) is 12.4 Å². The Kier molecular flexibility index (Phi) is 8.33. The molecule has 1 saturated carbocycles. The number of carbonyl (C=O) groups is 3. The number of guanidine groups is 1. The Morgan fingerprint density at radius 3 is 2.42 bits per heavy atom. The Balaban J connectivity index is 0.00000306. The van der Waals surface area contributed by atoms with E-state index in [1.54, 1.807) is 19.2 Å². The molecule has 0 aromatic heterocycles. The largest absolute Gasteiger partial charge is 0.492 e. The molecule has 0 spiro atoms. The Morgan fingerprint density at radius 2 is 1.79 bits per heavy atom. The summed E-state index contributed by atoms with van der Waals surface area (Å²) < 4.78 is 5.71. The summed E-state index contributed by atoms with van der Waals surface area (Å²) in [6.45, 7) is 3.12. The lowest BCUT2D eigenvalue weighted by molar-refractivity contribution is -0.140. The smallest absolute Gasteiger partial charge is 0.233 e. The molecule has 3 aliphatic rings. The number of benzene rings is 1. The number of imide groups is 1. The van der Waals surface area contributed by atoms with Crippen LogP contribution in [0.1, 0.15) is 13.3 Å². The average Bonchev–Trinajstić information content (AvgIpc) is 3.45. The van der Waals surface area contributed by atoms with E-state index < -0.39 is 0 Å². The van der Waals surface area contributed by atoms with Crippen molar-refractivity contribution in [2.75, 3.05) is 38.6 Å².